The van der Waals surface area contributed by atoms with Crippen molar-refractivity contribution in [3.8, 4) is 11.3 Å². The third-order valence-electron chi connectivity index (χ3n) is 3.97. The first-order valence-electron chi connectivity index (χ1n) is 7.63. The van der Waals surface area contributed by atoms with E-state index in [-0.39, 0.29) is 17.7 Å². The van der Waals surface area contributed by atoms with Gasteiger partial charge in [-0.05, 0) is 17.9 Å². The first-order valence-corrected chi connectivity index (χ1v) is 8.51. The summed E-state index contributed by atoms with van der Waals surface area (Å²) in [6, 6.07) is 7.88. The standard InChI is InChI=1S/C17H19N3O2S/c1-10-7-14(10)16(22)20-17-19-15(9-23-17)13-5-3-12(4-6-13)8-18-11(2)21/h3-6,9-10,14H,7-8H2,1-2H3,(H,18,21)(H,19,20,22)/t10-,14+/m1/s1. The van der Waals surface area contributed by atoms with Gasteiger partial charge in [0.1, 0.15) is 0 Å². The Labute approximate surface area is 139 Å². The van der Waals surface area contributed by atoms with Crippen LogP contribution in [0.15, 0.2) is 29.6 Å². The van der Waals surface area contributed by atoms with Crippen LogP contribution in [0.25, 0.3) is 11.3 Å². The second-order valence-electron chi connectivity index (χ2n) is 5.95. The van der Waals surface area contributed by atoms with E-state index in [0.29, 0.717) is 17.6 Å². The summed E-state index contributed by atoms with van der Waals surface area (Å²) in [4.78, 5) is 27.3. The Kier molecular flexibility index (Phi) is 4.43. The summed E-state index contributed by atoms with van der Waals surface area (Å²) in [7, 11) is 0. The zero-order valence-corrected chi connectivity index (χ0v) is 13.9. The summed E-state index contributed by atoms with van der Waals surface area (Å²) < 4.78 is 0. The lowest BCUT2D eigenvalue weighted by molar-refractivity contribution is -0.119. The SMILES string of the molecule is CC(=O)NCc1ccc(-c2csc(NC(=O)[C@H]3C[C@H]3C)n2)cc1. The molecule has 2 aromatic rings. The number of thiazole rings is 1. The summed E-state index contributed by atoms with van der Waals surface area (Å²) in [6.07, 6.45) is 0.972. The van der Waals surface area contributed by atoms with Crippen LogP contribution in [-0.2, 0) is 16.1 Å². The van der Waals surface area contributed by atoms with Crippen molar-refractivity contribution in [1.82, 2.24) is 10.3 Å². The molecule has 1 aliphatic rings. The Balaban J connectivity index is 1.63. The topological polar surface area (TPSA) is 71.1 Å². The van der Waals surface area contributed by atoms with Gasteiger partial charge in [-0.15, -0.1) is 11.3 Å². The lowest BCUT2D eigenvalue weighted by Crippen LogP contribution is -2.18. The number of rotatable bonds is 5. The Morgan fingerprint density at radius 2 is 2.00 bits per heavy atom. The lowest BCUT2D eigenvalue weighted by atomic mass is 10.1. The average molecular weight is 329 g/mol. The highest BCUT2D eigenvalue weighted by atomic mass is 32.1. The van der Waals surface area contributed by atoms with Crippen LogP contribution in [0.5, 0.6) is 0 Å². The molecule has 0 aliphatic heterocycles. The minimum atomic E-state index is -0.0426. The monoisotopic (exact) mass is 329 g/mol. The second kappa shape index (κ2) is 6.50. The molecular weight excluding hydrogens is 310 g/mol. The molecule has 0 unspecified atom stereocenters. The largest absolute Gasteiger partial charge is 0.352 e. The highest BCUT2D eigenvalue weighted by Crippen LogP contribution is 2.38. The Morgan fingerprint density at radius 1 is 1.30 bits per heavy atom. The van der Waals surface area contributed by atoms with E-state index >= 15 is 0 Å². The van der Waals surface area contributed by atoms with E-state index in [9.17, 15) is 9.59 Å². The lowest BCUT2D eigenvalue weighted by Gasteiger charge is -2.03. The highest BCUT2D eigenvalue weighted by molar-refractivity contribution is 7.14. The maximum absolute atomic E-state index is 11.9. The van der Waals surface area contributed by atoms with Crippen LogP contribution in [0.3, 0.4) is 0 Å². The van der Waals surface area contributed by atoms with E-state index in [1.165, 1.54) is 18.3 Å². The zero-order valence-electron chi connectivity index (χ0n) is 13.1. The highest BCUT2D eigenvalue weighted by Gasteiger charge is 2.39. The number of carbonyl (C=O) groups excluding carboxylic acids is 2. The van der Waals surface area contributed by atoms with Crippen molar-refractivity contribution < 1.29 is 9.59 Å². The Morgan fingerprint density at radius 3 is 2.61 bits per heavy atom. The summed E-state index contributed by atoms with van der Waals surface area (Å²) in [5.74, 6) is 0.670. The summed E-state index contributed by atoms with van der Waals surface area (Å²) in [6.45, 7) is 4.11. The van der Waals surface area contributed by atoms with Gasteiger partial charge in [0.2, 0.25) is 11.8 Å². The van der Waals surface area contributed by atoms with Gasteiger partial charge in [-0.25, -0.2) is 4.98 Å². The van der Waals surface area contributed by atoms with Crippen molar-refractivity contribution in [2.75, 3.05) is 5.32 Å². The van der Waals surface area contributed by atoms with Gasteiger partial charge in [-0.1, -0.05) is 31.2 Å². The number of carbonyl (C=O) groups is 2. The number of hydrogen-bond acceptors (Lipinski definition) is 4. The molecule has 0 saturated heterocycles. The summed E-state index contributed by atoms with van der Waals surface area (Å²) >= 11 is 1.44. The molecule has 0 radical (unpaired) electrons. The smallest absolute Gasteiger partial charge is 0.229 e. The van der Waals surface area contributed by atoms with Crippen LogP contribution in [0.4, 0.5) is 5.13 Å². The van der Waals surface area contributed by atoms with Crippen molar-refractivity contribution in [1.29, 1.82) is 0 Å². The van der Waals surface area contributed by atoms with Crippen LogP contribution in [-0.4, -0.2) is 16.8 Å². The molecule has 3 rings (SSSR count). The minimum absolute atomic E-state index is 0.0426. The number of nitrogens with zero attached hydrogens (tertiary/aromatic N) is 1. The molecule has 120 valence electrons. The van der Waals surface area contributed by atoms with Crippen molar-refractivity contribution in [3.05, 3.63) is 35.2 Å². The zero-order chi connectivity index (χ0) is 16.4. The third-order valence-corrected chi connectivity index (χ3v) is 4.73. The maximum atomic E-state index is 11.9. The fourth-order valence-corrected chi connectivity index (χ4v) is 3.09. The fraction of sp³-hybridized carbons (Fsp3) is 0.353. The molecule has 1 fully saturated rings. The first kappa shape index (κ1) is 15.7. The molecule has 1 aromatic heterocycles. The molecule has 2 N–H and O–H groups in total. The van der Waals surface area contributed by atoms with Gasteiger partial charge < -0.3 is 10.6 Å². The van der Waals surface area contributed by atoms with Crippen LogP contribution in [0.1, 0.15) is 25.8 Å². The third kappa shape index (κ3) is 3.96. The molecule has 0 bridgehead atoms. The van der Waals surface area contributed by atoms with Gasteiger partial charge in [-0.3, -0.25) is 9.59 Å². The quantitative estimate of drug-likeness (QED) is 0.886. The number of hydrogen-bond donors (Lipinski definition) is 2. The molecule has 1 saturated carbocycles. The van der Waals surface area contributed by atoms with Gasteiger partial charge in [-0.2, -0.15) is 0 Å². The van der Waals surface area contributed by atoms with Gasteiger partial charge in [0.15, 0.2) is 5.13 Å². The van der Waals surface area contributed by atoms with E-state index in [4.69, 9.17) is 0 Å². The van der Waals surface area contributed by atoms with Crippen molar-refractivity contribution in [3.63, 3.8) is 0 Å². The van der Waals surface area contributed by atoms with E-state index in [1.807, 2.05) is 29.6 Å². The van der Waals surface area contributed by atoms with E-state index in [2.05, 4.69) is 22.5 Å². The number of nitrogens with one attached hydrogen (secondary N) is 2. The van der Waals surface area contributed by atoms with Crippen LogP contribution in [0, 0.1) is 11.8 Å². The normalized spacial score (nSPS) is 19.2. The molecule has 23 heavy (non-hydrogen) atoms. The average Bonchev–Trinajstić information content (AvgIpc) is 3.08. The van der Waals surface area contributed by atoms with Gasteiger partial charge >= 0.3 is 0 Å². The van der Waals surface area contributed by atoms with Gasteiger partial charge in [0.05, 0.1) is 5.69 Å². The Hall–Kier alpha value is -2.21. The number of aromatic nitrogens is 1. The first-order chi connectivity index (χ1) is 11.0. The van der Waals surface area contributed by atoms with Crippen LogP contribution < -0.4 is 10.6 Å². The molecule has 1 heterocycles. The van der Waals surface area contributed by atoms with Gasteiger partial charge in [0, 0.05) is 30.3 Å². The molecular formula is C17H19N3O2S. The van der Waals surface area contributed by atoms with E-state index in [0.717, 1.165) is 23.2 Å². The number of anilines is 1. The maximum Gasteiger partial charge on any atom is 0.229 e. The van der Waals surface area contributed by atoms with Crippen LogP contribution in [0.2, 0.25) is 0 Å². The molecule has 1 aliphatic carbocycles. The predicted octanol–water partition coefficient (Wildman–Crippen LogP) is 3.04. The summed E-state index contributed by atoms with van der Waals surface area (Å²) in [5.41, 5.74) is 2.88. The van der Waals surface area contributed by atoms with Crippen molar-refractivity contribution >= 4 is 28.3 Å². The molecule has 6 heteroatoms. The van der Waals surface area contributed by atoms with Gasteiger partial charge in [0.25, 0.3) is 0 Å². The Bertz CT molecular complexity index is 724. The predicted molar refractivity (Wildman–Crippen MR) is 91.0 cm³/mol. The molecule has 2 amide bonds. The minimum Gasteiger partial charge on any atom is -0.352 e. The second-order valence-corrected chi connectivity index (χ2v) is 6.81. The fourth-order valence-electron chi connectivity index (χ4n) is 2.37. The van der Waals surface area contributed by atoms with Crippen molar-refractivity contribution in [2.45, 2.75) is 26.8 Å². The molecule has 1 aromatic carbocycles. The van der Waals surface area contributed by atoms with Crippen LogP contribution >= 0.6 is 11.3 Å². The van der Waals surface area contributed by atoms with E-state index in [1.54, 1.807) is 0 Å². The van der Waals surface area contributed by atoms with E-state index < -0.39 is 0 Å². The molecule has 0 spiro atoms. The number of benzene rings is 1. The molecule has 5 nitrogen and oxygen atoms in total. The summed E-state index contributed by atoms with van der Waals surface area (Å²) in [5, 5.41) is 8.24. The van der Waals surface area contributed by atoms with Crippen molar-refractivity contribution in [2.24, 2.45) is 11.8 Å². The molecule has 2 atom stereocenters. The number of amides is 2.